The summed E-state index contributed by atoms with van der Waals surface area (Å²) >= 11 is 7.51. The van der Waals surface area contributed by atoms with Crippen molar-refractivity contribution in [1.82, 2.24) is 5.32 Å². The molecule has 35 heavy (non-hydrogen) atoms. The van der Waals surface area contributed by atoms with E-state index in [0.717, 1.165) is 47.8 Å². The molecule has 2 fully saturated rings. The molecular weight excluding hydrogens is 480 g/mol. The van der Waals surface area contributed by atoms with Gasteiger partial charge < -0.3 is 15.4 Å². The summed E-state index contributed by atoms with van der Waals surface area (Å²) < 4.78 is 5.45. The van der Waals surface area contributed by atoms with Gasteiger partial charge in [0, 0.05) is 35.8 Å². The van der Waals surface area contributed by atoms with Gasteiger partial charge in [-0.05, 0) is 48.2 Å². The van der Waals surface area contributed by atoms with Crippen LogP contribution in [0.1, 0.15) is 29.9 Å². The summed E-state index contributed by atoms with van der Waals surface area (Å²) in [5.74, 6) is -0.691. The molecule has 0 spiro atoms. The number of nitrogens with one attached hydrogen (secondary N) is 2. The largest absolute Gasteiger partial charge is 0.382 e. The molecule has 0 aliphatic carbocycles. The van der Waals surface area contributed by atoms with Gasteiger partial charge in [-0.3, -0.25) is 9.59 Å². The third kappa shape index (κ3) is 5.40. The van der Waals surface area contributed by atoms with Crippen molar-refractivity contribution in [3.05, 3.63) is 95.0 Å². The number of Topliss-reactive ketones (excluding diaryl/α,β-unsaturated/α-hetero) is 1. The highest BCUT2D eigenvalue weighted by Gasteiger charge is 2.46. The van der Waals surface area contributed by atoms with Crippen LogP contribution in [0.2, 0.25) is 5.02 Å². The van der Waals surface area contributed by atoms with Crippen molar-refractivity contribution in [2.75, 3.05) is 18.5 Å². The van der Waals surface area contributed by atoms with Gasteiger partial charge in [0.25, 0.3) is 0 Å². The Morgan fingerprint density at radius 3 is 2.26 bits per heavy atom. The summed E-state index contributed by atoms with van der Waals surface area (Å²) in [7, 11) is 0. The topological polar surface area (TPSA) is 67.4 Å². The van der Waals surface area contributed by atoms with Crippen molar-refractivity contribution >= 4 is 40.7 Å². The zero-order valence-corrected chi connectivity index (χ0v) is 20.7. The molecular formula is C28H27ClN2O3S. The van der Waals surface area contributed by atoms with Crippen LogP contribution in [-0.4, -0.2) is 42.2 Å². The third-order valence-corrected chi connectivity index (χ3v) is 8.27. The van der Waals surface area contributed by atoms with E-state index in [9.17, 15) is 9.59 Å². The molecule has 0 radical (unpaired) electrons. The van der Waals surface area contributed by atoms with Crippen LogP contribution in [0.4, 0.5) is 5.69 Å². The summed E-state index contributed by atoms with van der Waals surface area (Å²) in [5, 5.41) is 6.27. The summed E-state index contributed by atoms with van der Waals surface area (Å²) in [6.07, 6.45) is 1.98. The van der Waals surface area contributed by atoms with Crippen molar-refractivity contribution in [2.45, 2.75) is 41.0 Å². The second-order valence-electron chi connectivity index (χ2n) is 8.86. The number of hydrogen-bond acceptors (Lipinski definition) is 5. The van der Waals surface area contributed by atoms with Crippen LogP contribution in [0.3, 0.4) is 0 Å². The molecule has 5 nitrogen and oxygen atoms in total. The zero-order valence-electron chi connectivity index (χ0n) is 19.2. The van der Waals surface area contributed by atoms with Gasteiger partial charge in [-0.1, -0.05) is 66.2 Å². The minimum absolute atomic E-state index is 0.127. The quantitative estimate of drug-likeness (QED) is 0.426. The number of hydrogen-bond donors (Lipinski definition) is 2. The molecule has 3 aromatic carbocycles. The maximum Gasteiger partial charge on any atom is 0.241 e. The minimum atomic E-state index is -0.833. The van der Waals surface area contributed by atoms with Crippen molar-refractivity contribution in [2.24, 2.45) is 0 Å². The van der Waals surface area contributed by atoms with E-state index in [2.05, 4.69) is 22.8 Å². The molecule has 3 aromatic rings. The Labute approximate surface area is 214 Å². The molecule has 1 unspecified atom stereocenters. The standard InChI is InChI=1S/C28H27ClN2O3S/c29-22-8-4-5-9-23(22)35-27-26(32)25(31-28(27)33)24(18-6-2-1-3-7-18)19-10-12-20(13-11-19)30-21-14-16-34-17-15-21/h1-13,21,24-25,27,30H,14-17H2,(H,31,33)/t24-,25+,27?/m0/s1. The van der Waals surface area contributed by atoms with E-state index in [1.807, 2.05) is 60.7 Å². The van der Waals surface area contributed by atoms with E-state index in [4.69, 9.17) is 16.3 Å². The first-order valence-corrected chi connectivity index (χ1v) is 13.1. The number of ketones is 1. The van der Waals surface area contributed by atoms with E-state index in [-0.39, 0.29) is 17.6 Å². The Hall–Kier alpha value is -2.80. The second kappa shape index (κ2) is 10.9. The molecule has 1 amide bonds. The third-order valence-electron chi connectivity index (χ3n) is 6.54. The number of benzene rings is 3. The Bertz CT molecular complexity index is 1180. The van der Waals surface area contributed by atoms with Crippen LogP contribution in [0, 0.1) is 0 Å². The fourth-order valence-electron chi connectivity index (χ4n) is 4.72. The van der Waals surface area contributed by atoms with Gasteiger partial charge in [0.2, 0.25) is 5.91 Å². The average molecular weight is 507 g/mol. The normalized spacial score (nSPS) is 21.5. The predicted octanol–water partition coefficient (Wildman–Crippen LogP) is 5.29. The van der Waals surface area contributed by atoms with E-state index >= 15 is 0 Å². The molecule has 0 aromatic heterocycles. The van der Waals surface area contributed by atoms with Gasteiger partial charge in [-0.25, -0.2) is 0 Å². The highest BCUT2D eigenvalue weighted by molar-refractivity contribution is 8.01. The lowest BCUT2D eigenvalue weighted by molar-refractivity contribution is -0.121. The van der Waals surface area contributed by atoms with Gasteiger partial charge >= 0.3 is 0 Å². The number of halogens is 1. The number of carbonyl (C=O) groups is 2. The van der Waals surface area contributed by atoms with Crippen molar-refractivity contribution < 1.29 is 14.3 Å². The molecule has 2 saturated heterocycles. The Morgan fingerprint density at radius 1 is 0.886 bits per heavy atom. The molecule has 180 valence electrons. The second-order valence-corrected chi connectivity index (χ2v) is 10.4. The van der Waals surface area contributed by atoms with E-state index < -0.39 is 11.3 Å². The van der Waals surface area contributed by atoms with Crippen LogP contribution in [0.5, 0.6) is 0 Å². The van der Waals surface area contributed by atoms with Crippen LogP contribution < -0.4 is 10.6 Å². The Kier molecular flexibility index (Phi) is 7.42. The lowest BCUT2D eigenvalue weighted by Gasteiger charge is -2.26. The zero-order chi connectivity index (χ0) is 24.2. The van der Waals surface area contributed by atoms with E-state index in [1.165, 1.54) is 11.8 Å². The molecule has 7 heteroatoms. The molecule has 2 heterocycles. The van der Waals surface area contributed by atoms with Gasteiger partial charge in [-0.2, -0.15) is 0 Å². The first-order valence-electron chi connectivity index (χ1n) is 11.8. The summed E-state index contributed by atoms with van der Waals surface area (Å²) in [6, 6.07) is 25.1. The number of anilines is 1. The number of thioether (sulfide) groups is 1. The summed E-state index contributed by atoms with van der Waals surface area (Å²) in [4.78, 5) is 27.2. The smallest absolute Gasteiger partial charge is 0.241 e. The number of amides is 1. The molecule has 2 N–H and O–H groups in total. The fourth-order valence-corrected chi connectivity index (χ4v) is 6.02. The van der Waals surface area contributed by atoms with Crippen LogP contribution >= 0.6 is 23.4 Å². The van der Waals surface area contributed by atoms with Crippen LogP contribution in [0.25, 0.3) is 0 Å². The molecule has 3 atom stereocenters. The lowest BCUT2D eigenvalue weighted by atomic mass is 9.84. The fraction of sp³-hybridized carbons (Fsp3) is 0.286. The van der Waals surface area contributed by atoms with Gasteiger partial charge in [0.05, 0.1) is 5.02 Å². The average Bonchev–Trinajstić information content (AvgIpc) is 3.16. The Balaban J connectivity index is 1.40. The van der Waals surface area contributed by atoms with E-state index in [1.54, 1.807) is 6.07 Å². The maximum absolute atomic E-state index is 13.6. The number of ether oxygens (including phenoxy) is 1. The highest BCUT2D eigenvalue weighted by atomic mass is 35.5. The first-order chi connectivity index (χ1) is 17.1. The van der Waals surface area contributed by atoms with Crippen LogP contribution in [0.15, 0.2) is 83.8 Å². The van der Waals surface area contributed by atoms with E-state index in [0.29, 0.717) is 11.1 Å². The summed E-state index contributed by atoms with van der Waals surface area (Å²) in [6.45, 7) is 1.56. The van der Waals surface area contributed by atoms with Gasteiger partial charge in [0.1, 0.15) is 11.3 Å². The maximum atomic E-state index is 13.6. The molecule has 0 bridgehead atoms. The van der Waals surface area contributed by atoms with Gasteiger partial charge in [0.15, 0.2) is 5.78 Å². The van der Waals surface area contributed by atoms with Crippen molar-refractivity contribution in [3.8, 4) is 0 Å². The highest BCUT2D eigenvalue weighted by Crippen LogP contribution is 2.38. The first kappa shape index (κ1) is 23.9. The monoisotopic (exact) mass is 506 g/mol. The Morgan fingerprint density at radius 2 is 1.54 bits per heavy atom. The summed E-state index contributed by atoms with van der Waals surface area (Å²) in [5.41, 5.74) is 3.01. The molecule has 0 saturated carbocycles. The molecule has 2 aliphatic rings. The number of carbonyl (C=O) groups excluding carboxylic acids is 2. The SMILES string of the molecule is O=C1N[C@H]([C@@H](c2ccccc2)c2ccc(NC3CCOCC3)cc2)C(=O)C1Sc1ccccc1Cl. The molecule has 2 aliphatic heterocycles. The van der Waals surface area contributed by atoms with Crippen LogP contribution in [-0.2, 0) is 14.3 Å². The van der Waals surface area contributed by atoms with Crippen molar-refractivity contribution in [1.29, 1.82) is 0 Å². The molecule has 5 rings (SSSR count). The predicted molar refractivity (Wildman–Crippen MR) is 140 cm³/mol. The lowest BCUT2D eigenvalue weighted by Crippen LogP contribution is -2.36. The van der Waals surface area contributed by atoms with Crippen molar-refractivity contribution in [3.63, 3.8) is 0 Å². The minimum Gasteiger partial charge on any atom is -0.382 e. The van der Waals surface area contributed by atoms with Gasteiger partial charge in [-0.15, -0.1) is 11.8 Å². The number of rotatable bonds is 7.